The van der Waals surface area contributed by atoms with Crippen LogP contribution in [0.25, 0.3) is 0 Å². The van der Waals surface area contributed by atoms with Crippen molar-refractivity contribution in [2.75, 3.05) is 0 Å². The zero-order valence-corrected chi connectivity index (χ0v) is 11.1. The molecule has 0 aliphatic heterocycles. The van der Waals surface area contributed by atoms with Crippen LogP contribution in [0.3, 0.4) is 0 Å². The first kappa shape index (κ1) is 14.9. The first-order chi connectivity index (χ1) is 10.5. The minimum Gasteiger partial charge on any atom is -0.393 e. The van der Waals surface area contributed by atoms with Gasteiger partial charge in [-0.25, -0.2) is 4.79 Å². The lowest BCUT2D eigenvalue weighted by molar-refractivity contribution is 0.0991. The van der Waals surface area contributed by atoms with Gasteiger partial charge in [-0.1, -0.05) is 0 Å². The molecular formula is C13H10N4O5. The number of aromatic nitrogens is 2. The molecule has 0 aliphatic carbocycles. The molecule has 0 aromatic carbocycles. The Morgan fingerprint density at radius 3 is 1.55 bits per heavy atom. The smallest absolute Gasteiger partial charge is 0.393 e. The number of carbonyl (C=O) groups is 3. The number of carbonyl (C=O) groups excluding carboxylic acids is 3. The number of amides is 2. The van der Waals surface area contributed by atoms with Crippen LogP contribution in [0.4, 0.5) is 4.79 Å². The van der Waals surface area contributed by atoms with Crippen molar-refractivity contribution in [2.45, 2.75) is 0 Å². The van der Waals surface area contributed by atoms with E-state index in [2.05, 4.69) is 9.97 Å². The van der Waals surface area contributed by atoms with Gasteiger partial charge in [-0.15, -0.1) is 0 Å². The SMILES string of the molecule is NC(=O)c1cncc(OC(=O)Oc2cncc(C(N)=O)c2)c1. The van der Waals surface area contributed by atoms with Crippen molar-refractivity contribution >= 4 is 18.0 Å². The summed E-state index contributed by atoms with van der Waals surface area (Å²) in [5, 5.41) is 0. The molecule has 22 heavy (non-hydrogen) atoms. The van der Waals surface area contributed by atoms with Gasteiger partial charge in [0.1, 0.15) is 0 Å². The quantitative estimate of drug-likeness (QED) is 0.769. The van der Waals surface area contributed by atoms with Crippen molar-refractivity contribution in [3.05, 3.63) is 48.0 Å². The van der Waals surface area contributed by atoms with Gasteiger partial charge in [-0.05, 0) is 12.1 Å². The highest BCUT2D eigenvalue weighted by molar-refractivity contribution is 5.93. The lowest BCUT2D eigenvalue weighted by atomic mass is 10.3. The van der Waals surface area contributed by atoms with Crippen molar-refractivity contribution in [1.82, 2.24) is 9.97 Å². The Labute approximate surface area is 123 Å². The van der Waals surface area contributed by atoms with Crippen molar-refractivity contribution in [3.63, 3.8) is 0 Å². The largest absolute Gasteiger partial charge is 0.519 e. The molecular weight excluding hydrogens is 292 g/mol. The zero-order valence-electron chi connectivity index (χ0n) is 11.1. The number of hydrogen-bond acceptors (Lipinski definition) is 7. The summed E-state index contributed by atoms with van der Waals surface area (Å²) in [5.74, 6) is -1.49. The van der Waals surface area contributed by atoms with Crippen LogP contribution in [0.15, 0.2) is 36.9 Å². The van der Waals surface area contributed by atoms with E-state index >= 15 is 0 Å². The van der Waals surface area contributed by atoms with E-state index in [1.54, 1.807) is 0 Å². The number of ether oxygens (including phenoxy) is 2. The van der Waals surface area contributed by atoms with E-state index in [0.717, 1.165) is 0 Å². The molecule has 2 aromatic heterocycles. The summed E-state index contributed by atoms with van der Waals surface area (Å²) < 4.78 is 9.67. The summed E-state index contributed by atoms with van der Waals surface area (Å²) >= 11 is 0. The van der Waals surface area contributed by atoms with Gasteiger partial charge in [0.25, 0.3) is 0 Å². The third-order valence-electron chi connectivity index (χ3n) is 2.40. The average Bonchev–Trinajstić information content (AvgIpc) is 2.47. The van der Waals surface area contributed by atoms with Crippen LogP contribution in [-0.4, -0.2) is 27.9 Å². The van der Waals surface area contributed by atoms with Gasteiger partial charge >= 0.3 is 6.16 Å². The third kappa shape index (κ3) is 3.76. The zero-order chi connectivity index (χ0) is 16.1. The average molecular weight is 302 g/mol. The molecule has 0 radical (unpaired) electrons. The van der Waals surface area contributed by atoms with Gasteiger partial charge in [-0.3, -0.25) is 19.6 Å². The second-order valence-electron chi connectivity index (χ2n) is 4.00. The highest BCUT2D eigenvalue weighted by atomic mass is 16.7. The Morgan fingerprint density at radius 2 is 1.18 bits per heavy atom. The normalized spacial score (nSPS) is 9.82. The minimum atomic E-state index is -1.10. The second kappa shape index (κ2) is 6.31. The van der Waals surface area contributed by atoms with E-state index in [-0.39, 0.29) is 22.6 Å². The molecule has 0 saturated carbocycles. The van der Waals surface area contributed by atoms with Gasteiger partial charge in [0, 0.05) is 12.4 Å². The van der Waals surface area contributed by atoms with Crippen LogP contribution in [0, 0.1) is 0 Å². The van der Waals surface area contributed by atoms with Crippen molar-refractivity contribution in [3.8, 4) is 11.5 Å². The minimum absolute atomic E-state index is 0.0275. The topological polar surface area (TPSA) is 147 Å². The predicted octanol–water partition coefficient (Wildman–Crippen LogP) is 0.252. The predicted molar refractivity (Wildman–Crippen MR) is 72.2 cm³/mol. The van der Waals surface area contributed by atoms with E-state index in [9.17, 15) is 14.4 Å². The number of nitrogens with two attached hydrogens (primary N) is 2. The lowest BCUT2D eigenvalue weighted by Crippen LogP contribution is -2.16. The van der Waals surface area contributed by atoms with Crippen molar-refractivity contribution < 1.29 is 23.9 Å². The molecule has 112 valence electrons. The lowest BCUT2D eigenvalue weighted by Gasteiger charge is -2.06. The van der Waals surface area contributed by atoms with E-state index in [0.29, 0.717) is 0 Å². The van der Waals surface area contributed by atoms with Crippen LogP contribution in [0.1, 0.15) is 20.7 Å². The fraction of sp³-hybridized carbons (Fsp3) is 0. The molecule has 2 rings (SSSR count). The summed E-state index contributed by atoms with van der Waals surface area (Å²) in [5.41, 5.74) is 10.3. The fourth-order valence-corrected chi connectivity index (χ4v) is 1.43. The summed E-state index contributed by atoms with van der Waals surface area (Å²) in [6.45, 7) is 0. The molecule has 2 heterocycles. The summed E-state index contributed by atoms with van der Waals surface area (Å²) in [4.78, 5) is 41.0. The molecule has 0 atom stereocenters. The molecule has 0 aliphatic rings. The molecule has 0 saturated heterocycles. The Balaban J connectivity index is 2.07. The van der Waals surface area contributed by atoms with Crippen LogP contribution in [0.2, 0.25) is 0 Å². The first-order valence-corrected chi connectivity index (χ1v) is 5.85. The molecule has 9 nitrogen and oxygen atoms in total. The van der Waals surface area contributed by atoms with Crippen molar-refractivity contribution in [1.29, 1.82) is 0 Å². The van der Waals surface area contributed by atoms with Gasteiger partial charge in [0.15, 0.2) is 11.5 Å². The maximum Gasteiger partial charge on any atom is 0.519 e. The monoisotopic (exact) mass is 302 g/mol. The van der Waals surface area contributed by atoms with Crippen molar-refractivity contribution in [2.24, 2.45) is 11.5 Å². The summed E-state index contributed by atoms with van der Waals surface area (Å²) in [7, 11) is 0. The number of primary amides is 2. The maximum absolute atomic E-state index is 11.6. The Bertz CT molecular complexity index is 685. The number of hydrogen-bond donors (Lipinski definition) is 2. The Kier molecular flexibility index (Phi) is 4.27. The molecule has 0 bridgehead atoms. The third-order valence-corrected chi connectivity index (χ3v) is 2.40. The van der Waals surface area contributed by atoms with E-state index in [1.807, 2.05) is 0 Å². The highest BCUT2D eigenvalue weighted by Crippen LogP contribution is 2.15. The van der Waals surface area contributed by atoms with E-state index in [1.165, 1.54) is 36.9 Å². The Morgan fingerprint density at radius 1 is 0.773 bits per heavy atom. The van der Waals surface area contributed by atoms with Gasteiger partial charge in [0.05, 0.1) is 23.5 Å². The second-order valence-corrected chi connectivity index (χ2v) is 4.00. The molecule has 4 N–H and O–H groups in total. The summed E-state index contributed by atoms with van der Waals surface area (Å²) in [6.07, 6.45) is 3.74. The van der Waals surface area contributed by atoms with Gasteiger partial charge < -0.3 is 20.9 Å². The van der Waals surface area contributed by atoms with Gasteiger partial charge in [0.2, 0.25) is 11.8 Å². The van der Waals surface area contributed by atoms with E-state index in [4.69, 9.17) is 20.9 Å². The van der Waals surface area contributed by atoms with Gasteiger partial charge in [-0.2, -0.15) is 0 Å². The Hall–Kier alpha value is -3.49. The fourth-order valence-electron chi connectivity index (χ4n) is 1.43. The molecule has 0 spiro atoms. The van der Waals surface area contributed by atoms with E-state index < -0.39 is 18.0 Å². The maximum atomic E-state index is 11.6. The molecule has 0 unspecified atom stereocenters. The van der Waals surface area contributed by atoms with Crippen LogP contribution in [0.5, 0.6) is 11.5 Å². The molecule has 0 fully saturated rings. The summed E-state index contributed by atoms with van der Waals surface area (Å²) in [6, 6.07) is 2.46. The van der Waals surface area contributed by atoms with Crippen LogP contribution >= 0.6 is 0 Å². The highest BCUT2D eigenvalue weighted by Gasteiger charge is 2.12. The van der Waals surface area contributed by atoms with Crippen LogP contribution < -0.4 is 20.9 Å². The standard InChI is InChI=1S/C13H10N4O5/c14-11(18)7-1-9(5-16-3-7)21-13(20)22-10-2-8(12(15)19)4-17-6-10/h1-6H,(H2,14,18)(H2,15,19). The molecule has 2 amide bonds. The van der Waals surface area contributed by atoms with Crippen LogP contribution in [-0.2, 0) is 0 Å². The number of nitrogens with zero attached hydrogens (tertiary/aromatic N) is 2. The first-order valence-electron chi connectivity index (χ1n) is 5.85. The molecule has 2 aromatic rings. The number of pyridine rings is 2. The molecule has 9 heteroatoms. The number of rotatable bonds is 4.